The predicted octanol–water partition coefficient (Wildman–Crippen LogP) is 2.14. The molecule has 0 saturated heterocycles. The first-order valence-corrected chi connectivity index (χ1v) is 3.23. The molecule has 1 aromatic rings. The van der Waals surface area contributed by atoms with Crippen LogP contribution >= 0.6 is 0 Å². The smallest absolute Gasteiger partial charge is 0.126 e. The lowest BCUT2D eigenvalue weighted by Gasteiger charge is -1.83. The second kappa shape index (κ2) is 3.61. The molecule has 1 aromatic heterocycles. The van der Waals surface area contributed by atoms with Crippen molar-refractivity contribution in [1.29, 1.82) is 0 Å². The van der Waals surface area contributed by atoms with Crippen LogP contribution in [0.3, 0.4) is 0 Å². The molecule has 0 aliphatic carbocycles. The molecular weight excluding hydrogens is 142 g/mol. The maximum Gasteiger partial charge on any atom is 0.126 e. The normalized spacial score (nSPS) is 12.6. The van der Waals surface area contributed by atoms with Crippen molar-refractivity contribution in [2.45, 2.75) is 6.92 Å². The molecule has 3 nitrogen and oxygen atoms in total. The number of furan rings is 1. The van der Waals surface area contributed by atoms with Crippen LogP contribution in [0.1, 0.15) is 12.7 Å². The van der Waals surface area contributed by atoms with Crippen LogP contribution < -0.4 is 0 Å². The van der Waals surface area contributed by atoms with Gasteiger partial charge in [-0.05, 0) is 31.2 Å². The van der Waals surface area contributed by atoms with E-state index >= 15 is 0 Å². The lowest BCUT2D eigenvalue weighted by atomic mass is 10.3. The fraction of sp³-hybridized carbons (Fsp3) is 0.125. The largest absolute Gasteiger partial charge is 0.465 e. The predicted molar refractivity (Wildman–Crippen MR) is 42.6 cm³/mol. The molecule has 0 atom stereocenters. The van der Waals surface area contributed by atoms with Gasteiger partial charge in [-0.25, -0.2) is 0 Å². The van der Waals surface area contributed by atoms with Gasteiger partial charge in [0.15, 0.2) is 0 Å². The van der Waals surface area contributed by atoms with Crippen molar-refractivity contribution in [2.24, 2.45) is 5.16 Å². The van der Waals surface area contributed by atoms with Gasteiger partial charge in [-0.15, -0.1) is 0 Å². The van der Waals surface area contributed by atoms with Gasteiger partial charge in [0.25, 0.3) is 0 Å². The van der Waals surface area contributed by atoms with Crippen molar-refractivity contribution >= 4 is 11.8 Å². The van der Waals surface area contributed by atoms with Gasteiger partial charge in [0.05, 0.1) is 12.0 Å². The molecule has 1 N–H and O–H groups in total. The quantitative estimate of drug-likeness (QED) is 0.400. The zero-order chi connectivity index (χ0) is 8.10. The van der Waals surface area contributed by atoms with Crippen LogP contribution in [-0.4, -0.2) is 10.9 Å². The summed E-state index contributed by atoms with van der Waals surface area (Å²) >= 11 is 0. The average Bonchev–Trinajstić information content (AvgIpc) is 2.52. The molecular formula is C8H9NO2. The van der Waals surface area contributed by atoms with Gasteiger partial charge in [-0.3, -0.25) is 0 Å². The molecule has 0 unspecified atom stereocenters. The molecule has 0 saturated carbocycles. The number of hydrogen-bond donors (Lipinski definition) is 1. The summed E-state index contributed by atoms with van der Waals surface area (Å²) < 4.78 is 5.00. The van der Waals surface area contributed by atoms with Crippen molar-refractivity contribution in [2.75, 3.05) is 0 Å². The first-order chi connectivity index (χ1) is 5.33. The van der Waals surface area contributed by atoms with Crippen LogP contribution in [0.4, 0.5) is 0 Å². The van der Waals surface area contributed by atoms with Gasteiger partial charge in [0.2, 0.25) is 0 Å². The topological polar surface area (TPSA) is 45.7 Å². The van der Waals surface area contributed by atoms with Crippen molar-refractivity contribution in [3.8, 4) is 0 Å². The molecule has 1 rings (SSSR count). The Morgan fingerprint density at radius 1 is 1.73 bits per heavy atom. The van der Waals surface area contributed by atoms with Crippen LogP contribution in [0.15, 0.2) is 34.0 Å². The van der Waals surface area contributed by atoms with Gasteiger partial charge >= 0.3 is 0 Å². The summed E-state index contributed by atoms with van der Waals surface area (Å²) in [6.45, 7) is 1.69. The van der Waals surface area contributed by atoms with E-state index in [9.17, 15) is 0 Å². The summed E-state index contributed by atoms with van der Waals surface area (Å²) in [5.74, 6) is 0.744. The minimum absolute atomic E-state index is 0.543. The van der Waals surface area contributed by atoms with Gasteiger partial charge in [0.1, 0.15) is 5.76 Å². The van der Waals surface area contributed by atoms with Gasteiger partial charge in [-0.1, -0.05) is 5.16 Å². The fourth-order valence-electron chi connectivity index (χ4n) is 0.622. The van der Waals surface area contributed by atoms with E-state index in [1.54, 1.807) is 31.4 Å². The van der Waals surface area contributed by atoms with E-state index < -0.39 is 0 Å². The number of nitrogens with zero attached hydrogens (tertiary/aromatic N) is 1. The fourth-order valence-corrected chi connectivity index (χ4v) is 0.622. The zero-order valence-electron chi connectivity index (χ0n) is 6.19. The number of oxime groups is 1. The Balaban J connectivity index is 2.63. The highest BCUT2D eigenvalue weighted by Gasteiger charge is 1.87. The summed E-state index contributed by atoms with van der Waals surface area (Å²) in [5.41, 5.74) is 0.543. The van der Waals surface area contributed by atoms with E-state index in [-0.39, 0.29) is 0 Å². The maximum atomic E-state index is 8.27. The monoisotopic (exact) mass is 151 g/mol. The highest BCUT2D eigenvalue weighted by Crippen LogP contribution is 2.01. The second-order valence-electron chi connectivity index (χ2n) is 2.09. The summed E-state index contributed by atoms with van der Waals surface area (Å²) in [4.78, 5) is 0. The van der Waals surface area contributed by atoms with Crippen LogP contribution in [0.5, 0.6) is 0 Å². The minimum atomic E-state index is 0.543. The first-order valence-electron chi connectivity index (χ1n) is 3.23. The Labute approximate surface area is 64.6 Å². The van der Waals surface area contributed by atoms with Crippen molar-refractivity contribution in [1.82, 2.24) is 0 Å². The lowest BCUT2D eigenvalue weighted by molar-refractivity contribution is 0.319. The Kier molecular flexibility index (Phi) is 2.49. The maximum absolute atomic E-state index is 8.27. The molecule has 0 bridgehead atoms. The summed E-state index contributed by atoms with van der Waals surface area (Å²) in [7, 11) is 0. The third-order valence-corrected chi connectivity index (χ3v) is 1.19. The standard InChI is InChI=1S/C8H9NO2/c1-7(9-10)4-5-8-3-2-6-11-8/h2-6,10H,1H3. The molecule has 58 valence electrons. The Hall–Kier alpha value is -1.51. The van der Waals surface area contributed by atoms with E-state index in [4.69, 9.17) is 9.62 Å². The van der Waals surface area contributed by atoms with Crippen molar-refractivity contribution in [3.05, 3.63) is 30.2 Å². The van der Waals surface area contributed by atoms with Crippen LogP contribution in [-0.2, 0) is 0 Å². The lowest BCUT2D eigenvalue weighted by Crippen LogP contribution is -1.81. The highest BCUT2D eigenvalue weighted by atomic mass is 16.4. The van der Waals surface area contributed by atoms with E-state index in [0.717, 1.165) is 5.76 Å². The van der Waals surface area contributed by atoms with E-state index in [2.05, 4.69) is 5.16 Å². The Morgan fingerprint density at radius 2 is 2.55 bits per heavy atom. The summed E-state index contributed by atoms with van der Waals surface area (Å²) in [5, 5.41) is 11.2. The van der Waals surface area contributed by atoms with Crippen molar-refractivity contribution in [3.63, 3.8) is 0 Å². The van der Waals surface area contributed by atoms with Crippen LogP contribution in [0, 0.1) is 0 Å². The second-order valence-corrected chi connectivity index (χ2v) is 2.09. The molecule has 0 radical (unpaired) electrons. The number of rotatable bonds is 2. The third-order valence-electron chi connectivity index (χ3n) is 1.19. The molecule has 1 heterocycles. The van der Waals surface area contributed by atoms with E-state index in [1.807, 2.05) is 6.07 Å². The van der Waals surface area contributed by atoms with Crippen LogP contribution in [0.25, 0.3) is 6.08 Å². The van der Waals surface area contributed by atoms with Crippen LogP contribution in [0.2, 0.25) is 0 Å². The van der Waals surface area contributed by atoms with E-state index in [1.165, 1.54) is 0 Å². The summed E-state index contributed by atoms with van der Waals surface area (Å²) in [6.07, 6.45) is 4.99. The molecule has 0 aliphatic heterocycles. The zero-order valence-corrected chi connectivity index (χ0v) is 6.19. The third kappa shape index (κ3) is 2.29. The SMILES string of the molecule is CC(C=Cc1ccco1)=NO. The number of hydrogen-bond acceptors (Lipinski definition) is 3. The number of allylic oxidation sites excluding steroid dienone is 1. The Bertz CT molecular complexity index is 260. The molecule has 0 spiro atoms. The molecule has 0 fully saturated rings. The van der Waals surface area contributed by atoms with E-state index in [0.29, 0.717) is 5.71 Å². The van der Waals surface area contributed by atoms with Crippen molar-refractivity contribution < 1.29 is 9.62 Å². The molecule has 0 aliphatic rings. The molecule has 0 amide bonds. The summed E-state index contributed by atoms with van der Waals surface area (Å²) in [6, 6.07) is 3.62. The molecule has 0 aromatic carbocycles. The average molecular weight is 151 g/mol. The minimum Gasteiger partial charge on any atom is -0.465 e. The molecule has 11 heavy (non-hydrogen) atoms. The van der Waals surface area contributed by atoms with Gasteiger partial charge in [-0.2, -0.15) is 0 Å². The van der Waals surface area contributed by atoms with Gasteiger partial charge < -0.3 is 9.62 Å². The first kappa shape index (κ1) is 7.60. The Morgan fingerprint density at radius 3 is 3.09 bits per heavy atom. The molecule has 3 heteroatoms. The highest BCUT2D eigenvalue weighted by molar-refractivity contribution is 5.95. The van der Waals surface area contributed by atoms with Gasteiger partial charge in [0, 0.05) is 0 Å².